The summed E-state index contributed by atoms with van der Waals surface area (Å²) >= 11 is 0. The molecule has 4 amide bonds. The molecule has 0 spiro atoms. The number of methoxy groups -OCH3 is 2. The van der Waals surface area contributed by atoms with Gasteiger partial charge in [-0.15, -0.1) is 0 Å². The maximum absolute atomic E-state index is 14.2. The van der Waals surface area contributed by atoms with Crippen molar-refractivity contribution in [2.45, 2.75) is 89.9 Å². The zero-order valence-electron chi connectivity index (χ0n) is 53.6. The summed E-state index contributed by atoms with van der Waals surface area (Å²) in [6.45, 7) is 5.47. The van der Waals surface area contributed by atoms with E-state index in [9.17, 15) is 28.8 Å². The van der Waals surface area contributed by atoms with Crippen molar-refractivity contribution in [2.24, 2.45) is 22.9 Å². The fraction of sp³-hybridized carbons (Fsp3) is 0.471. The van der Waals surface area contributed by atoms with Crippen molar-refractivity contribution < 1.29 is 57.2 Å². The maximum Gasteiger partial charge on any atom is 0.259 e. The summed E-state index contributed by atoms with van der Waals surface area (Å²) in [4.78, 5) is 88.0. The molecule has 22 nitrogen and oxygen atoms in total. The second-order valence-electron chi connectivity index (χ2n) is 22.4. The van der Waals surface area contributed by atoms with Gasteiger partial charge in [-0.2, -0.15) is 0 Å². The lowest BCUT2D eigenvalue weighted by Crippen LogP contribution is -2.32. The van der Waals surface area contributed by atoms with E-state index in [4.69, 9.17) is 51.4 Å². The van der Waals surface area contributed by atoms with Crippen molar-refractivity contribution in [3.05, 3.63) is 129 Å². The number of anilines is 2. The molecule has 90 heavy (non-hydrogen) atoms. The van der Waals surface area contributed by atoms with E-state index in [1.54, 1.807) is 60.7 Å². The molecule has 0 aromatic heterocycles. The zero-order valence-corrected chi connectivity index (χ0v) is 53.6. The number of rotatable bonds is 44. The second kappa shape index (κ2) is 39.8. The summed E-state index contributed by atoms with van der Waals surface area (Å²) in [5.74, 6) is -1.02. The Hall–Kier alpha value is -8.12. The van der Waals surface area contributed by atoms with Crippen molar-refractivity contribution in [1.82, 2.24) is 20.4 Å². The van der Waals surface area contributed by atoms with Crippen LogP contribution in [-0.2, 0) is 12.8 Å². The largest absolute Gasteiger partial charge is 0.496 e. The van der Waals surface area contributed by atoms with Gasteiger partial charge in [-0.25, -0.2) is 0 Å². The summed E-state index contributed by atoms with van der Waals surface area (Å²) in [6.07, 6.45) is 9.39. The van der Waals surface area contributed by atoms with E-state index in [1.165, 1.54) is 38.5 Å². The number of carbonyl (C=O) groups is 6. The van der Waals surface area contributed by atoms with E-state index in [2.05, 4.69) is 21.3 Å². The average molecular weight is 1250 g/mol. The third-order valence-electron chi connectivity index (χ3n) is 14.5. The number of nitrogens with zero attached hydrogens (tertiary/aromatic N) is 2. The lowest BCUT2D eigenvalue weighted by Gasteiger charge is -2.18. The molecular formula is C68H96N10O12. The SMILES string of the molecule is COc1cc(OC)c(C(=O)Cc2ccc(NC(=O)c3cc(C(=O)NCCN(C)C)c(OCCCCCN)cc3OCCCCCN)cc2)cc1C(=O)Cc1ccc(NC(=O)c2cc(C(=O)NCCN(C)C)c(OCCCCCN)cc2OCCCCCN)cc1. The standard InChI is InChI=1S/C68H96N10O12/c1-77(2)33-31-73-65(81)53-42-55(63(89-37-17-9-13-29-71)45-61(53)87-35-15-7-11-27-69)67(83)75-49-23-19-47(20-24-49)39-57(79)51-41-52(60(86-6)44-59(51)85-5)58(80)40-48-21-25-50(26-22-48)76-68(84)56-43-54(66(82)74-32-34-78(3)4)62(88-36-16-8-12-28-70)46-64(56)90-38-18-10-14-30-72/h19-26,41-46H,7-18,27-40,69-72H2,1-6H3,(H,73,81)(H,74,82)(H,75,83)(H,76,84). The first-order chi connectivity index (χ1) is 43.5. The van der Waals surface area contributed by atoms with Gasteiger partial charge in [-0.05, 0) is 185 Å². The number of likely N-dealkylation sites (N-methyl/N-ethyl adjacent to an activating group) is 2. The van der Waals surface area contributed by atoms with Crippen molar-refractivity contribution in [1.29, 1.82) is 0 Å². The van der Waals surface area contributed by atoms with Gasteiger partial charge in [0.2, 0.25) is 0 Å². The summed E-state index contributed by atoms with van der Waals surface area (Å²) in [7, 11) is 10.5. The van der Waals surface area contributed by atoms with E-state index in [0.29, 0.717) is 126 Å². The van der Waals surface area contributed by atoms with Crippen molar-refractivity contribution >= 4 is 46.6 Å². The molecule has 0 atom stereocenters. The van der Waals surface area contributed by atoms with Gasteiger partial charge in [0, 0.05) is 68.6 Å². The lowest BCUT2D eigenvalue weighted by molar-refractivity contribution is 0.0937. The molecule has 0 saturated heterocycles. The van der Waals surface area contributed by atoms with E-state index < -0.39 is 23.6 Å². The van der Waals surface area contributed by atoms with E-state index in [-0.39, 0.29) is 80.8 Å². The quantitative estimate of drug-likeness (QED) is 0.0137. The van der Waals surface area contributed by atoms with Crippen LogP contribution in [0.5, 0.6) is 34.5 Å². The van der Waals surface area contributed by atoms with Crippen molar-refractivity contribution in [3.8, 4) is 34.5 Å². The molecule has 0 radical (unpaired) electrons. The third-order valence-corrected chi connectivity index (χ3v) is 14.5. The first kappa shape index (κ1) is 72.6. The van der Waals surface area contributed by atoms with Crippen LogP contribution in [0.1, 0.15) is 150 Å². The Labute approximate surface area is 530 Å². The van der Waals surface area contributed by atoms with Crippen LogP contribution in [0.2, 0.25) is 0 Å². The fourth-order valence-electron chi connectivity index (χ4n) is 9.41. The Kier molecular flexibility index (Phi) is 32.1. The van der Waals surface area contributed by atoms with E-state index >= 15 is 0 Å². The second-order valence-corrected chi connectivity index (χ2v) is 22.4. The molecule has 5 aromatic carbocycles. The zero-order chi connectivity index (χ0) is 65.2. The van der Waals surface area contributed by atoms with Crippen LogP contribution in [0.15, 0.2) is 84.9 Å². The number of nitrogens with two attached hydrogens (primary N) is 4. The van der Waals surface area contributed by atoms with E-state index in [0.717, 1.165) is 64.2 Å². The minimum absolute atomic E-state index is 0.0822. The van der Waals surface area contributed by atoms with Gasteiger partial charge in [0.25, 0.3) is 23.6 Å². The molecule has 22 heteroatoms. The molecule has 0 aliphatic heterocycles. The normalized spacial score (nSPS) is 11.1. The molecule has 490 valence electrons. The van der Waals surface area contributed by atoms with Crippen LogP contribution in [0.25, 0.3) is 0 Å². The molecule has 0 fully saturated rings. The lowest BCUT2D eigenvalue weighted by atomic mass is 9.95. The Morgan fingerprint density at radius 3 is 0.944 bits per heavy atom. The Morgan fingerprint density at radius 1 is 0.367 bits per heavy atom. The Morgan fingerprint density at radius 2 is 0.656 bits per heavy atom. The average Bonchev–Trinajstić information content (AvgIpc) is 0.977. The van der Waals surface area contributed by atoms with Gasteiger partial charge in [0.1, 0.15) is 34.5 Å². The fourth-order valence-corrected chi connectivity index (χ4v) is 9.41. The van der Waals surface area contributed by atoms with Gasteiger partial charge in [0.05, 0.1) is 74.0 Å². The van der Waals surface area contributed by atoms with Crippen LogP contribution in [0.3, 0.4) is 0 Å². The van der Waals surface area contributed by atoms with Crippen molar-refractivity contribution in [3.63, 3.8) is 0 Å². The van der Waals surface area contributed by atoms with Crippen LogP contribution >= 0.6 is 0 Å². The number of ether oxygens (including phenoxy) is 6. The first-order valence-electron chi connectivity index (χ1n) is 31.2. The smallest absolute Gasteiger partial charge is 0.259 e. The molecular weight excluding hydrogens is 1150 g/mol. The summed E-state index contributed by atoms with van der Waals surface area (Å²) < 4.78 is 36.0. The van der Waals surface area contributed by atoms with Gasteiger partial charge in [0.15, 0.2) is 11.6 Å². The molecule has 5 aromatic rings. The minimum atomic E-state index is -0.525. The molecule has 5 rings (SSSR count). The highest BCUT2D eigenvalue weighted by atomic mass is 16.5. The highest BCUT2D eigenvalue weighted by molar-refractivity contribution is 6.10. The summed E-state index contributed by atoms with van der Waals surface area (Å²) in [5, 5.41) is 11.7. The number of hydrogen-bond donors (Lipinski definition) is 8. The Balaban J connectivity index is 1.33. The molecule has 0 heterocycles. The number of amides is 4. The number of hydrogen-bond acceptors (Lipinski definition) is 18. The van der Waals surface area contributed by atoms with Gasteiger partial charge in [-0.3, -0.25) is 28.8 Å². The third kappa shape index (κ3) is 24.0. The van der Waals surface area contributed by atoms with Gasteiger partial charge >= 0.3 is 0 Å². The molecule has 0 saturated carbocycles. The summed E-state index contributed by atoms with van der Waals surface area (Å²) in [5.41, 5.74) is 25.9. The highest BCUT2D eigenvalue weighted by Gasteiger charge is 2.26. The number of benzene rings is 5. The Bertz CT molecular complexity index is 2880. The predicted octanol–water partition coefficient (Wildman–Crippen LogP) is 7.67. The molecule has 0 aliphatic rings. The van der Waals surface area contributed by atoms with E-state index in [1.807, 2.05) is 38.0 Å². The number of Topliss-reactive ketones (excluding diaryl/α,β-unsaturated/α-hetero) is 2. The molecule has 12 N–H and O–H groups in total. The van der Waals surface area contributed by atoms with Gasteiger partial charge in [-0.1, -0.05) is 24.3 Å². The highest BCUT2D eigenvalue weighted by Crippen LogP contribution is 2.35. The van der Waals surface area contributed by atoms with Crippen molar-refractivity contribution in [2.75, 3.05) is 132 Å². The van der Waals surface area contributed by atoms with Crippen LogP contribution in [0, 0.1) is 0 Å². The first-order valence-corrected chi connectivity index (χ1v) is 31.2. The van der Waals surface area contributed by atoms with Crippen LogP contribution in [0.4, 0.5) is 11.4 Å². The number of unbranched alkanes of at least 4 members (excludes halogenated alkanes) is 8. The number of ketones is 2. The molecule has 0 unspecified atom stereocenters. The van der Waals surface area contributed by atoms with Crippen LogP contribution < -0.4 is 72.6 Å². The number of carbonyl (C=O) groups excluding carboxylic acids is 6. The molecule has 0 aliphatic carbocycles. The molecule has 0 bridgehead atoms. The predicted molar refractivity (Wildman–Crippen MR) is 353 cm³/mol. The minimum Gasteiger partial charge on any atom is -0.496 e. The topological polar surface area (TPSA) is 316 Å². The monoisotopic (exact) mass is 1240 g/mol. The number of nitrogens with one attached hydrogen (secondary N) is 4. The maximum atomic E-state index is 14.2. The summed E-state index contributed by atoms with van der Waals surface area (Å²) in [6, 6.07) is 22.7. The van der Waals surface area contributed by atoms with Gasteiger partial charge < -0.3 is 82.4 Å². The van der Waals surface area contributed by atoms with Crippen LogP contribution in [-0.4, -0.2) is 166 Å².